The summed E-state index contributed by atoms with van der Waals surface area (Å²) >= 11 is 0.935. The van der Waals surface area contributed by atoms with E-state index in [-0.39, 0.29) is 10.1 Å². The number of hydrogen-bond acceptors (Lipinski definition) is 7. The second-order valence-electron chi connectivity index (χ2n) is 5.82. The van der Waals surface area contributed by atoms with Gasteiger partial charge in [-0.2, -0.15) is 5.10 Å². The van der Waals surface area contributed by atoms with Crippen LogP contribution in [0.3, 0.4) is 0 Å². The molecule has 1 fully saturated rings. The van der Waals surface area contributed by atoms with Gasteiger partial charge in [-0.05, 0) is 35.0 Å². The van der Waals surface area contributed by atoms with E-state index in [9.17, 15) is 18.8 Å². The van der Waals surface area contributed by atoms with Gasteiger partial charge in [0.25, 0.3) is 5.91 Å². The van der Waals surface area contributed by atoms with Crippen molar-refractivity contribution in [1.29, 1.82) is 0 Å². The van der Waals surface area contributed by atoms with Crippen molar-refractivity contribution in [3.8, 4) is 11.1 Å². The number of methoxy groups -OCH3 is 1. The normalized spacial score (nSPS) is 16.3. The summed E-state index contributed by atoms with van der Waals surface area (Å²) < 4.78 is 18.5. The lowest BCUT2D eigenvalue weighted by Crippen LogP contribution is -2.19. The summed E-state index contributed by atoms with van der Waals surface area (Å²) in [4.78, 5) is 34.2. The van der Waals surface area contributed by atoms with Gasteiger partial charge in [-0.1, -0.05) is 30.3 Å². The molecule has 2 aromatic carbocycles. The second-order valence-corrected chi connectivity index (χ2v) is 6.86. The first-order valence-corrected chi connectivity index (χ1v) is 9.23. The fourth-order valence-corrected chi connectivity index (χ4v) is 3.25. The largest absolute Gasteiger partial charge is 0.478 e. The van der Waals surface area contributed by atoms with Crippen LogP contribution in [0.2, 0.25) is 0 Å². The molecule has 0 unspecified atom stereocenters. The lowest BCUT2D eigenvalue weighted by atomic mass is 9.99. The van der Waals surface area contributed by atoms with Crippen LogP contribution in [0.5, 0.6) is 0 Å². The number of carboxylic acids is 1. The summed E-state index contributed by atoms with van der Waals surface area (Å²) in [5.74, 6) is -3.34. The van der Waals surface area contributed by atoms with Crippen molar-refractivity contribution >= 4 is 41.0 Å². The molecule has 0 bridgehead atoms. The molecule has 0 aromatic heterocycles. The standard InChI is InChI=1S/C20H14FN3O5S/c1-29-17(25)9-16-18(26)23-20(30-16)24-22-10-12-4-2-3-5-13(12)11-6-7-14(19(27)28)15(21)8-11/h2-10H,1H3,(H,27,28)(H,23,24,26)/b16-9+,22-10?. The number of halogens is 1. The van der Waals surface area contributed by atoms with E-state index >= 15 is 0 Å². The zero-order chi connectivity index (χ0) is 21.7. The van der Waals surface area contributed by atoms with Crippen LogP contribution in [0.1, 0.15) is 15.9 Å². The minimum absolute atomic E-state index is 0.130. The monoisotopic (exact) mass is 427 g/mol. The molecule has 1 aliphatic heterocycles. The summed E-state index contributed by atoms with van der Waals surface area (Å²) in [6.07, 6.45) is 2.47. The number of nitrogens with zero attached hydrogens (tertiary/aromatic N) is 2. The van der Waals surface area contributed by atoms with Crippen molar-refractivity contribution in [2.24, 2.45) is 10.2 Å². The van der Waals surface area contributed by atoms with Crippen LogP contribution < -0.4 is 5.32 Å². The number of carbonyl (C=O) groups is 3. The number of thioether (sulfide) groups is 1. The predicted octanol–water partition coefficient (Wildman–Crippen LogP) is 2.80. The lowest BCUT2D eigenvalue weighted by molar-refractivity contribution is -0.135. The van der Waals surface area contributed by atoms with E-state index in [0.29, 0.717) is 16.7 Å². The first-order valence-electron chi connectivity index (χ1n) is 8.41. The highest BCUT2D eigenvalue weighted by molar-refractivity contribution is 8.18. The number of amides is 1. The van der Waals surface area contributed by atoms with E-state index in [1.807, 2.05) is 0 Å². The van der Waals surface area contributed by atoms with Gasteiger partial charge in [-0.15, -0.1) is 5.10 Å². The first-order chi connectivity index (χ1) is 14.4. The van der Waals surface area contributed by atoms with Crippen molar-refractivity contribution in [2.75, 3.05) is 7.11 Å². The fraction of sp³-hybridized carbons (Fsp3) is 0.0500. The highest BCUT2D eigenvalue weighted by atomic mass is 32.2. The maximum atomic E-state index is 14.0. The molecule has 0 atom stereocenters. The number of esters is 1. The summed E-state index contributed by atoms with van der Waals surface area (Å²) in [5.41, 5.74) is 1.27. The molecule has 0 saturated carbocycles. The average Bonchev–Trinajstić information content (AvgIpc) is 3.06. The molecule has 1 amide bonds. The number of nitrogens with one attached hydrogen (secondary N) is 1. The van der Waals surface area contributed by atoms with Crippen LogP contribution >= 0.6 is 11.8 Å². The zero-order valence-corrected chi connectivity index (χ0v) is 16.3. The smallest absolute Gasteiger partial charge is 0.338 e. The molecule has 10 heteroatoms. The van der Waals surface area contributed by atoms with Crippen LogP contribution in [0.25, 0.3) is 11.1 Å². The van der Waals surface area contributed by atoms with Gasteiger partial charge in [0.05, 0.1) is 23.8 Å². The molecule has 0 spiro atoms. The summed E-state index contributed by atoms with van der Waals surface area (Å²) in [7, 11) is 1.20. The Morgan fingerprint density at radius 1 is 1.23 bits per heavy atom. The SMILES string of the molecule is COC(=O)/C=C1/S/C(=N\N=Cc2ccccc2-c2ccc(C(=O)O)c(F)c2)NC1=O. The van der Waals surface area contributed by atoms with Gasteiger partial charge in [-0.25, -0.2) is 14.0 Å². The molecule has 0 aliphatic carbocycles. The van der Waals surface area contributed by atoms with Gasteiger partial charge in [0.2, 0.25) is 0 Å². The van der Waals surface area contributed by atoms with E-state index in [1.165, 1.54) is 25.5 Å². The maximum absolute atomic E-state index is 14.0. The van der Waals surface area contributed by atoms with E-state index in [1.54, 1.807) is 24.3 Å². The summed E-state index contributed by atoms with van der Waals surface area (Å²) in [6.45, 7) is 0. The lowest BCUT2D eigenvalue weighted by Gasteiger charge is -2.07. The molecular formula is C20H14FN3O5S. The van der Waals surface area contributed by atoms with E-state index in [2.05, 4.69) is 20.3 Å². The number of rotatable bonds is 5. The van der Waals surface area contributed by atoms with E-state index in [4.69, 9.17) is 5.11 Å². The number of amidine groups is 1. The van der Waals surface area contributed by atoms with Crippen molar-refractivity contribution < 1.29 is 28.6 Å². The van der Waals surface area contributed by atoms with Gasteiger partial charge in [0, 0.05) is 11.6 Å². The van der Waals surface area contributed by atoms with Crippen molar-refractivity contribution in [3.05, 3.63) is 70.4 Å². The highest BCUT2D eigenvalue weighted by Gasteiger charge is 2.25. The number of hydrogen-bond donors (Lipinski definition) is 2. The van der Waals surface area contributed by atoms with Gasteiger partial charge < -0.3 is 9.84 Å². The van der Waals surface area contributed by atoms with Gasteiger partial charge in [0.1, 0.15) is 5.82 Å². The molecule has 2 aromatic rings. The molecule has 30 heavy (non-hydrogen) atoms. The van der Waals surface area contributed by atoms with Crippen LogP contribution in [-0.2, 0) is 14.3 Å². The molecule has 0 radical (unpaired) electrons. The number of aromatic carboxylic acids is 1. The number of carbonyl (C=O) groups excluding carboxylic acids is 2. The third kappa shape index (κ3) is 4.78. The molecule has 1 aliphatic rings. The molecular weight excluding hydrogens is 413 g/mol. The van der Waals surface area contributed by atoms with Crippen LogP contribution in [0.15, 0.2) is 63.6 Å². The molecule has 2 N–H and O–H groups in total. The van der Waals surface area contributed by atoms with Crippen LogP contribution in [-0.4, -0.2) is 41.4 Å². The molecule has 152 valence electrons. The van der Waals surface area contributed by atoms with Crippen LogP contribution in [0, 0.1) is 5.82 Å². The van der Waals surface area contributed by atoms with Gasteiger partial charge in [0.15, 0.2) is 5.17 Å². The van der Waals surface area contributed by atoms with Crippen molar-refractivity contribution in [3.63, 3.8) is 0 Å². The molecule has 1 saturated heterocycles. The minimum Gasteiger partial charge on any atom is -0.478 e. The third-order valence-corrected chi connectivity index (χ3v) is 4.82. The Hall–Kier alpha value is -3.79. The second kappa shape index (κ2) is 9.14. The number of benzene rings is 2. The predicted molar refractivity (Wildman–Crippen MR) is 110 cm³/mol. The Bertz CT molecular complexity index is 1130. The highest BCUT2D eigenvalue weighted by Crippen LogP contribution is 2.26. The van der Waals surface area contributed by atoms with Gasteiger partial charge >= 0.3 is 11.9 Å². The Morgan fingerprint density at radius 3 is 2.70 bits per heavy atom. The quantitative estimate of drug-likeness (QED) is 0.328. The van der Waals surface area contributed by atoms with E-state index in [0.717, 1.165) is 23.9 Å². The Balaban J connectivity index is 1.83. The Morgan fingerprint density at radius 2 is 2.00 bits per heavy atom. The van der Waals surface area contributed by atoms with Crippen LogP contribution in [0.4, 0.5) is 4.39 Å². The first kappa shape index (κ1) is 20.9. The Labute approximate surface area is 174 Å². The molecule has 3 rings (SSSR count). The average molecular weight is 427 g/mol. The minimum atomic E-state index is -1.35. The maximum Gasteiger partial charge on any atom is 0.338 e. The number of ether oxygens (including phenoxy) is 1. The number of carboxylic acid groups (broad SMARTS) is 1. The third-order valence-electron chi connectivity index (χ3n) is 3.92. The van der Waals surface area contributed by atoms with E-state index < -0.39 is 29.2 Å². The van der Waals surface area contributed by atoms with Gasteiger partial charge in [-0.3, -0.25) is 10.1 Å². The molecule has 1 heterocycles. The topological polar surface area (TPSA) is 117 Å². The Kier molecular flexibility index (Phi) is 6.38. The fourth-order valence-electron chi connectivity index (χ4n) is 2.51. The van der Waals surface area contributed by atoms with Crippen molar-refractivity contribution in [2.45, 2.75) is 0 Å². The summed E-state index contributed by atoms with van der Waals surface area (Å²) in [6, 6.07) is 10.8. The molecule has 8 nitrogen and oxygen atoms in total. The zero-order valence-electron chi connectivity index (χ0n) is 15.5. The summed E-state index contributed by atoms with van der Waals surface area (Å²) in [5, 5.41) is 19.5. The van der Waals surface area contributed by atoms with Crippen molar-refractivity contribution in [1.82, 2.24) is 5.32 Å².